The normalized spacial score (nSPS) is 18.4. The Morgan fingerprint density at radius 1 is 0.917 bits per heavy atom. The Hall–Kier alpha value is -2.42. The first kappa shape index (κ1) is 25.2. The minimum absolute atomic E-state index is 0.381. The molecule has 8 heteroatoms. The number of hydrogen-bond donors (Lipinski definition) is 0. The molecule has 1 saturated heterocycles. The number of benzene rings is 2. The average Bonchev–Trinajstić information content (AvgIpc) is 3.34. The maximum atomic E-state index is 13.1. The molecule has 0 spiro atoms. The maximum Gasteiger partial charge on any atom is 0.243 e. The molecule has 192 valence electrons. The first-order chi connectivity index (χ1) is 17.6. The second-order valence-electron chi connectivity index (χ2n) is 9.59. The quantitative estimate of drug-likeness (QED) is 0.352. The monoisotopic (exact) mass is 525 g/mol. The van der Waals surface area contributed by atoms with E-state index in [1.807, 2.05) is 43.3 Å². The van der Waals surface area contributed by atoms with E-state index in [-0.39, 0.29) is 0 Å². The SMILES string of the molecule is CCOc1ccc(N=c2scc(-c3ccc(S(=O)(=O)N4CCCCC4)cc3)n2C2CCCCC2)cc1. The van der Waals surface area contributed by atoms with Gasteiger partial charge in [-0.2, -0.15) is 4.31 Å². The van der Waals surface area contributed by atoms with Crippen LogP contribution in [0, 0.1) is 0 Å². The van der Waals surface area contributed by atoms with E-state index in [4.69, 9.17) is 9.73 Å². The van der Waals surface area contributed by atoms with Gasteiger partial charge in [0.05, 0.1) is 22.9 Å². The molecule has 1 saturated carbocycles. The van der Waals surface area contributed by atoms with Gasteiger partial charge in [0.25, 0.3) is 0 Å². The van der Waals surface area contributed by atoms with E-state index in [0.717, 1.165) is 59.6 Å². The lowest BCUT2D eigenvalue weighted by molar-refractivity contribution is 0.340. The van der Waals surface area contributed by atoms with Crippen LogP contribution in [-0.2, 0) is 10.0 Å². The largest absolute Gasteiger partial charge is 0.494 e. The number of nitrogens with zero attached hydrogens (tertiary/aromatic N) is 3. The van der Waals surface area contributed by atoms with Crippen molar-refractivity contribution in [2.45, 2.75) is 69.2 Å². The maximum absolute atomic E-state index is 13.1. The van der Waals surface area contributed by atoms with Gasteiger partial charge < -0.3 is 9.30 Å². The van der Waals surface area contributed by atoms with E-state index in [2.05, 4.69) is 9.95 Å². The summed E-state index contributed by atoms with van der Waals surface area (Å²) in [5, 5.41) is 2.16. The summed E-state index contributed by atoms with van der Waals surface area (Å²) < 4.78 is 35.8. The number of thiazole rings is 1. The van der Waals surface area contributed by atoms with Gasteiger partial charge in [-0.15, -0.1) is 11.3 Å². The molecule has 2 aliphatic rings. The van der Waals surface area contributed by atoms with Crippen LogP contribution < -0.4 is 9.54 Å². The summed E-state index contributed by atoms with van der Waals surface area (Å²) in [6.07, 6.45) is 9.00. The number of ether oxygens (including phenoxy) is 1. The summed E-state index contributed by atoms with van der Waals surface area (Å²) in [6.45, 7) is 3.86. The Morgan fingerprint density at radius 2 is 1.58 bits per heavy atom. The summed E-state index contributed by atoms with van der Waals surface area (Å²) >= 11 is 1.64. The highest BCUT2D eigenvalue weighted by Gasteiger charge is 2.26. The molecule has 1 aliphatic heterocycles. The molecule has 2 fully saturated rings. The topological polar surface area (TPSA) is 63.9 Å². The van der Waals surface area contributed by atoms with Gasteiger partial charge in [-0.25, -0.2) is 13.4 Å². The van der Waals surface area contributed by atoms with Crippen molar-refractivity contribution in [2.75, 3.05) is 19.7 Å². The fraction of sp³-hybridized carbons (Fsp3) is 0.464. The zero-order valence-electron chi connectivity index (χ0n) is 20.9. The molecule has 3 aromatic rings. The summed E-state index contributed by atoms with van der Waals surface area (Å²) in [6, 6.07) is 15.8. The summed E-state index contributed by atoms with van der Waals surface area (Å²) in [5.41, 5.74) is 3.04. The summed E-state index contributed by atoms with van der Waals surface area (Å²) in [5.74, 6) is 0.850. The van der Waals surface area contributed by atoms with Crippen LogP contribution in [0.2, 0.25) is 0 Å². The predicted molar refractivity (Wildman–Crippen MR) is 145 cm³/mol. The van der Waals surface area contributed by atoms with E-state index in [1.54, 1.807) is 27.8 Å². The van der Waals surface area contributed by atoms with Crippen LogP contribution in [0.15, 0.2) is 63.8 Å². The first-order valence-electron chi connectivity index (χ1n) is 13.1. The van der Waals surface area contributed by atoms with Gasteiger partial charge in [0.2, 0.25) is 10.0 Å². The molecular formula is C28H35N3O3S2. The van der Waals surface area contributed by atoms with E-state index < -0.39 is 10.0 Å². The van der Waals surface area contributed by atoms with Gasteiger partial charge in [-0.3, -0.25) is 0 Å². The number of aromatic nitrogens is 1. The Morgan fingerprint density at radius 3 is 2.25 bits per heavy atom. The van der Waals surface area contributed by atoms with Crippen LogP contribution in [-0.4, -0.2) is 37.0 Å². The summed E-state index contributed by atoms with van der Waals surface area (Å²) in [7, 11) is -3.43. The molecule has 1 aromatic heterocycles. The molecule has 5 rings (SSSR count). The molecule has 0 radical (unpaired) electrons. The Labute approximate surface area is 218 Å². The lowest BCUT2D eigenvalue weighted by Crippen LogP contribution is -2.35. The molecule has 0 atom stereocenters. The van der Waals surface area contributed by atoms with Crippen LogP contribution in [0.5, 0.6) is 5.75 Å². The highest BCUT2D eigenvalue weighted by molar-refractivity contribution is 7.89. The van der Waals surface area contributed by atoms with Crippen molar-refractivity contribution in [2.24, 2.45) is 4.99 Å². The van der Waals surface area contributed by atoms with E-state index in [0.29, 0.717) is 30.6 Å². The van der Waals surface area contributed by atoms with Crippen molar-refractivity contribution in [3.05, 3.63) is 58.7 Å². The third kappa shape index (κ3) is 5.45. The van der Waals surface area contributed by atoms with Crippen LogP contribution in [0.4, 0.5) is 5.69 Å². The molecule has 6 nitrogen and oxygen atoms in total. The van der Waals surface area contributed by atoms with Gasteiger partial charge in [0.1, 0.15) is 5.75 Å². The van der Waals surface area contributed by atoms with Gasteiger partial charge in [0.15, 0.2) is 4.80 Å². The molecule has 0 amide bonds. The highest BCUT2D eigenvalue weighted by Crippen LogP contribution is 2.33. The van der Waals surface area contributed by atoms with Gasteiger partial charge in [-0.05, 0) is 74.6 Å². The lowest BCUT2D eigenvalue weighted by atomic mass is 9.95. The van der Waals surface area contributed by atoms with E-state index in [1.165, 1.54) is 19.3 Å². The van der Waals surface area contributed by atoms with Gasteiger partial charge >= 0.3 is 0 Å². The van der Waals surface area contributed by atoms with Crippen molar-refractivity contribution in [3.8, 4) is 17.0 Å². The van der Waals surface area contributed by atoms with Crippen molar-refractivity contribution in [1.82, 2.24) is 8.87 Å². The van der Waals surface area contributed by atoms with Gasteiger partial charge in [-0.1, -0.05) is 37.8 Å². The summed E-state index contributed by atoms with van der Waals surface area (Å²) in [4.78, 5) is 6.36. The third-order valence-electron chi connectivity index (χ3n) is 7.16. The minimum atomic E-state index is -3.43. The molecule has 0 bridgehead atoms. The zero-order chi connectivity index (χ0) is 25.0. The van der Waals surface area contributed by atoms with Crippen LogP contribution in [0.3, 0.4) is 0 Å². The average molecular weight is 526 g/mol. The molecule has 2 heterocycles. The number of piperidine rings is 1. The van der Waals surface area contributed by atoms with E-state index >= 15 is 0 Å². The lowest BCUT2D eigenvalue weighted by Gasteiger charge is -2.26. The minimum Gasteiger partial charge on any atom is -0.494 e. The number of rotatable bonds is 7. The van der Waals surface area contributed by atoms with Crippen molar-refractivity contribution in [3.63, 3.8) is 0 Å². The number of hydrogen-bond acceptors (Lipinski definition) is 5. The van der Waals surface area contributed by atoms with E-state index in [9.17, 15) is 8.42 Å². The zero-order valence-corrected chi connectivity index (χ0v) is 22.6. The van der Waals surface area contributed by atoms with Crippen molar-refractivity contribution >= 4 is 27.0 Å². The predicted octanol–water partition coefficient (Wildman–Crippen LogP) is 6.53. The smallest absolute Gasteiger partial charge is 0.243 e. The highest BCUT2D eigenvalue weighted by atomic mass is 32.2. The Kier molecular flexibility index (Phi) is 7.93. The Bertz CT molecular complexity index is 1310. The molecule has 1 aliphatic carbocycles. The fourth-order valence-electron chi connectivity index (χ4n) is 5.25. The second-order valence-corrected chi connectivity index (χ2v) is 12.4. The standard InChI is InChI=1S/C28H35N3O3S2/c1-2-34-25-15-13-23(14-16-25)29-28-31(24-9-5-3-6-10-24)27(21-35-28)22-11-17-26(18-12-22)36(32,33)30-19-7-4-8-20-30/h11-18,21,24H,2-10,19-20H2,1H3. The number of sulfonamides is 1. The molecule has 36 heavy (non-hydrogen) atoms. The second kappa shape index (κ2) is 11.3. The first-order valence-corrected chi connectivity index (χ1v) is 15.5. The molecule has 0 unspecified atom stereocenters. The molecule has 0 N–H and O–H groups in total. The third-order valence-corrected chi connectivity index (χ3v) is 9.91. The fourth-order valence-corrected chi connectivity index (χ4v) is 7.75. The molecule has 2 aromatic carbocycles. The van der Waals surface area contributed by atoms with Crippen LogP contribution in [0.25, 0.3) is 11.3 Å². The van der Waals surface area contributed by atoms with Crippen molar-refractivity contribution in [1.29, 1.82) is 0 Å². The van der Waals surface area contributed by atoms with Crippen LogP contribution >= 0.6 is 11.3 Å². The molecular weight excluding hydrogens is 490 g/mol. The van der Waals surface area contributed by atoms with Crippen molar-refractivity contribution < 1.29 is 13.2 Å². The van der Waals surface area contributed by atoms with Gasteiger partial charge in [0, 0.05) is 24.5 Å². The Balaban J connectivity index is 1.49. The van der Waals surface area contributed by atoms with Crippen LogP contribution in [0.1, 0.15) is 64.3 Å².